The van der Waals surface area contributed by atoms with Gasteiger partial charge >= 0.3 is 12.0 Å². The number of benzene rings is 1. The highest BCUT2D eigenvalue weighted by Gasteiger charge is 2.55. The normalized spacial score (nSPS) is 19.4. The summed E-state index contributed by atoms with van der Waals surface area (Å²) in [5, 5.41) is 27.4. The third-order valence-corrected chi connectivity index (χ3v) is 4.77. The number of amidine groups is 1. The molecule has 3 amide bonds. The lowest BCUT2D eigenvalue weighted by molar-refractivity contribution is -0.165. The van der Waals surface area contributed by atoms with Crippen molar-refractivity contribution in [2.24, 2.45) is 11.7 Å². The summed E-state index contributed by atoms with van der Waals surface area (Å²) in [6, 6.07) is 6.65. The SMILES string of the molecule is CC[C@@H](NC(=O)N1C(=O)[C@H](CC(=N)N(C)C(=N)N)[C@H]1C(=O)O)c1ccccc1. The van der Waals surface area contributed by atoms with E-state index in [1.165, 1.54) is 7.05 Å². The molecule has 0 bridgehead atoms. The molecule has 0 unspecified atom stereocenters. The molecule has 6 N–H and O–H groups in total. The number of guanidine groups is 1. The molecular weight excluding hydrogens is 364 g/mol. The summed E-state index contributed by atoms with van der Waals surface area (Å²) in [4.78, 5) is 38.4. The third-order valence-electron chi connectivity index (χ3n) is 4.77. The number of hydrogen-bond acceptors (Lipinski definition) is 5. The molecule has 1 saturated heterocycles. The molecule has 1 aliphatic heterocycles. The van der Waals surface area contributed by atoms with Gasteiger partial charge < -0.3 is 21.1 Å². The highest BCUT2D eigenvalue weighted by molar-refractivity contribution is 6.09. The lowest BCUT2D eigenvalue weighted by Crippen LogP contribution is -2.68. The van der Waals surface area contributed by atoms with Gasteiger partial charge in [0.1, 0.15) is 5.84 Å². The van der Waals surface area contributed by atoms with Crippen molar-refractivity contribution in [3.63, 3.8) is 0 Å². The number of rotatable bonds is 6. The summed E-state index contributed by atoms with van der Waals surface area (Å²) in [6.07, 6.45) is 0.332. The maximum absolute atomic E-state index is 12.6. The number of urea groups is 1. The van der Waals surface area contributed by atoms with Crippen LogP contribution in [0.3, 0.4) is 0 Å². The Morgan fingerprint density at radius 1 is 1.32 bits per heavy atom. The Bertz CT molecular complexity index is 797. The molecule has 10 heteroatoms. The number of β-lactam (4-membered cyclic amide) rings is 1. The topological polar surface area (TPSA) is 164 Å². The first-order chi connectivity index (χ1) is 13.2. The van der Waals surface area contributed by atoms with Crippen LogP contribution < -0.4 is 11.1 Å². The van der Waals surface area contributed by atoms with Crippen LogP contribution in [0.2, 0.25) is 0 Å². The molecule has 1 fully saturated rings. The quantitative estimate of drug-likeness (QED) is 0.277. The minimum atomic E-state index is -1.37. The number of carboxylic acid groups (broad SMARTS) is 1. The van der Waals surface area contributed by atoms with E-state index in [1.54, 1.807) is 0 Å². The smallest absolute Gasteiger partial charge is 0.327 e. The van der Waals surface area contributed by atoms with Crippen LogP contribution in [0.5, 0.6) is 0 Å². The summed E-state index contributed by atoms with van der Waals surface area (Å²) in [5.74, 6) is -3.63. The number of aliphatic carboxylic acids is 1. The summed E-state index contributed by atoms with van der Waals surface area (Å²) < 4.78 is 0. The highest BCUT2D eigenvalue weighted by atomic mass is 16.4. The Labute approximate surface area is 162 Å². The molecule has 0 aliphatic carbocycles. The highest BCUT2D eigenvalue weighted by Crippen LogP contribution is 2.31. The number of carbonyl (C=O) groups excluding carboxylic acids is 2. The molecule has 0 saturated carbocycles. The predicted octanol–water partition coefficient (Wildman–Crippen LogP) is 0.952. The minimum Gasteiger partial charge on any atom is -0.480 e. The van der Waals surface area contributed by atoms with Crippen LogP contribution in [0.25, 0.3) is 0 Å². The zero-order valence-electron chi connectivity index (χ0n) is 15.7. The second kappa shape index (κ2) is 8.51. The zero-order chi connectivity index (χ0) is 21.0. The molecule has 1 aromatic carbocycles. The predicted molar refractivity (Wildman–Crippen MR) is 102 cm³/mol. The zero-order valence-corrected chi connectivity index (χ0v) is 15.7. The number of hydrogen-bond donors (Lipinski definition) is 5. The number of carbonyl (C=O) groups is 3. The van der Waals surface area contributed by atoms with Gasteiger partial charge in [0.2, 0.25) is 5.91 Å². The van der Waals surface area contributed by atoms with Crippen LogP contribution in [0.1, 0.15) is 31.4 Å². The molecule has 0 aromatic heterocycles. The molecule has 0 radical (unpaired) electrons. The summed E-state index contributed by atoms with van der Waals surface area (Å²) in [5.41, 5.74) is 6.14. The van der Waals surface area contributed by atoms with Gasteiger partial charge in [0.25, 0.3) is 0 Å². The van der Waals surface area contributed by atoms with Crippen molar-refractivity contribution in [2.75, 3.05) is 7.05 Å². The average molecular weight is 388 g/mol. The molecule has 2 rings (SSSR count). The number of likely N-dealkylation sites (tertiary alicyclic amines) is 1. The molecule has 28 heavy (non-hydrogen) atoms. The van der Waals surface area contributed by atoms with Crippen molar-refractivity contribution in [3.8, 4) is 0 Å². The van der Waals surface area contributed by atoms with Gasteiger partial charge in [0.05, 0.1) is 12.0 Å². The Hall–Kier alpha value is -3.43. The van der Waals surface area contributed by atoms with Crippen LogP contribution >= 0.6 is 0 Å². The van der Waals surface area contributed by atoms with Gasteiger partial charge in [0.15, 0.2) is 12.0 Å². The average Bonchev–Trinajstić information content (AvgIpc) is 2.67. The van der Waals surface area contributed by atoms with Crippen LogP contribution in [0.4, 0.5) is 4.79 Å². The number of amides is 3. The van der Waals surface area contributed by atoms with Crippen molar-refractivity contribution in [3.05, 3.63) is 35.9 Å². The van der Waals surface area contributed by atoms with E-state index in [0.717, 1.165) is 10.5 Å². The minimum absolute atomic E-state index is 0.173. The van der Waals surface area contributed by atoms with Gasteiger partial charge in [-0.3, -0.25) is 15.6 Å². The number of imide groups is 1. The van der Waals surface area contributed by atoms with E-state index in [4.69, 9.17) is 16.6 Å². The second-order valence-corrected chi connectivity index (χ2v) is 6.51. The van der Waals surface area contributed by atoms with E-state index in [0.29, 0.717) is 11.3 Å². The van der Waals surface area contributed by atoms with Gasteiger partial charge in [-0.2, -0.15) is 0 Å². The summed E-state index contributed by atoms with van der Waals surface area (Å²) in [7, 11) is 1.37. The van der Waals surface area contributed by atoms with E-state index in [2.05, 4.69) is 5.32 Å². The summed E-state index contributed by atoms with van der Waals surface area (Å²) in [6.45, 7) is 1.87. The number of nitrogens with one attached hydrogen (secondary N) is 3. The molecule has 0 spiro atoms. The first kappa shape index (κ1) is 20.9. The molecule has 150 valence electrons. The van der Waals surface area contributed by atoms with Gasteiger partial charge in [-0.25, -0.2) is 14.5 Å². The Morgan fingerprint density at radius 2 is 1.93 bits per heavy atom. The Morgan fingerprint density at radius 3 is 2.43 bits per heavy atom. The van der Waals surface area contributed by atoms with E-state index in [9.17, 15) is 19.5 Å². The maximum atomic E-state index is 12.6. The number of nitrogens with zero attached hydrogens (tertiary/aromatic N) is 2. The van der Waals surface area contributed by atoms with E-state index in [-0.39, 0.29) is 18.3 Å². The Kier molecular flexibility index (Phi) is 6.34. The fourth-order valence-corrected chi connectivity index (χ4v) is 3.07. The number of nitrogens with two attached hydrogens (primary N) is 1. The van der Waals surface area contributed by atoms with Gasteiger partial charge in [0, 0.05) is 13.5 Å². The van der Waals surface area contributed by atoms with E-state index >= 15 is 0 Å². The lowest BCUT2D eigenvalue weighted by atomic mass is 9.84. The fourth-order valence-electron chi connectivity index (χ4n) is 3.07. The molecular formula is C18H24N6O4. The van der Waals surface area contributed by atoms with Gasteiger partial charge in [-0.15, -0.1) is 0 Å². The van der Waals surface area contributed by atoms with Gasteiger partial charge in [-0.1, -0.05) is 37.3 Å². The second-order valence-electron chi connectivity index (χ2n) is 6.51. The first-order valence-electron chi connectivity index (χ1n) is 8.75. The molecule has 10 nitrogen and oxygen atoms in total. The standard InChI is InChI=1S/C18H24N6O4/c1-3-12(10-7-5-4-6-8-10)22-18(28)24-14(16(26)27)11(15(24)25)9-13(19)23(2)17(20)21/h4-8,11-12,14,19H,3,9H2,1-2H3,(H3,20,21)(H,22,28)(H,26,27)/t11-,12-,14+/m1/s1. The maximum Gasteiger partial charge on any atom is 0.327 e. The molecule has 3 atom stereocenters. The fraction of sp³-hybridized carbons (Fsp3) is 0.389. The third kappa shape index (κ3) is 4.11. The molecule has 1 aliphatic rings. The van der Waals surface area contributed by atoms with Crippen molar-refractivity contribution in [1.82, 2.24) is 15.1 Å². The van der Waals surface area contributed by atoms with Gasteiger partial charge in [-0.05, 0) is 12.0 Å². The van der Waals surface area contributed by atoms with E-state index in [1.807, 2.05) is 37.3 Å². The van der Waals surface area contributed by atoms with Crippen LogP contribution in [-0.4, -0.2) is 57.7 Å². The van der Waals surface area contributed by atoms with Crippen molar-refractivity contribution in [1.29, 1.82) is 10.8 Å². The largest absolute Gasteiger partial charge is 0.480 e. The monoisotopic (exact) mass is 388 g/mol. The van der Waals surface area contributed by atoms with Crippen molar-refractivity contribution >= 4 is 29.7 Å². The summed E-state index contributed by atoms with van der Waals surface area (Å²) >= 11 is 0. The first-order valence-corrected chi connectivity index (χ1v) is 8.75. The lowest BCUT2D eigenvalue weighted by Gasteiger charge is -2.43. The van der Waals surface area contributed by atoms with Crippen molar-refractivity contribution < 1.29 is 19.5 Å². The van der Waals surface area contributed by atoms with Crippen LogP contribution in [0.15, 0.2) is 30.3 Å². The Balaban J connectivity index is 2.11. The molecule has 1 heterocycles. The van der Waals surface area contributed by atoms with Crippen LogP contribution in [-0.2, 0) is 9.59 Å². The van der Waals surface area contributed by atoms with E-state index < -0.39 is 35.8 Å². The number of carboxylic acids is 1. The van der Waals surface area contributed by atoms with Crippen molar-refractivity contribution in [2.45, 2.75) is 31.8 Å². The molecule has 1 aromatic rings. The van der Waals surface area contributed by atoms with Crippen LogP contribution in [0, 0.1) is 16.7 Å².